The molecule has 2 N–H and O–H groups in total. The summed E-state index contributed by atoms with van der Waals surface area (Å²) in [6.45, 7) is 2.71. The first-order valence-electron chi connectivity index (χ1n) is 9.17. The van der Waals surface area contributed by atoms with Gasteiger partial charge < -0.3 is 10.6 Å². The molecule has 0 bridgehead atoms. The molecule has 0 spiro atoms. The first-order chi connectivity index (χ1) is 12.6. The fourth-order valence-electron chi connectivity index (χ4n) is 3.49. The van der Waals surface area contributed by atoms with E-state index in [1.165, 1.54) is 4.90 Å². The number of carbonyl (C=O) groups is 2. The third-order valence-electron chi connectivity index (χ3n) is 4.91. The van der Waals surface area contributed by atoms with E-state index in [-0.39, 0.29) is 6.04 Å². The monoisotopic (exact) mass is 351 g/mol. The van der Waals surface area contributed by atoms with Crippen LogP contribution in [0, 0.1) is 0 Å². The standard InChI is InChI=1S/C21H25N3O2/c1-2-17-8-6-7-15-23(17)20(25)21(26)24(18-9-4-3-5-10-18)19-13-11-16(22)12-14-19/h3-5,9-14,17H,2,6-8,15,22H2,1H3. The molecule has 1 heterocycles. The number of rotatable bonds is 3. The molecule has 0 aromatic heterocycles. The molecule has 1 fully saturated rings. The van der Waals surface area contributed by atoms with Crippen molar-refractivity contribution in [2.75, 3.05) is 17.2 Å². The number of hydrogen-bond acceptors (Lipinski definition) is 3. The highest BCUT2D eigenvalue weighted by atomic mass is 16.2. The Bertz CT molecular complexity index is 759. The van der Waals surface area contributed by atoms with Gasteiger partial charge in [0.1, 0.15) is 0 Å². The van der Waals surface area contributed by atoms with Crippen LogP contribution < -0.4 is 10.6 Å². The fourth-order valence-corrected chi connectivity index (χ4v) is 3.49. The van der Waals surface area contributed by atoms with Crippen molar-refractivity contribution in [3.8, 4) is 0 Å². The second-order valence-electron chi connectivity index (χ2n) is 6.62. The maximum Gasteiger partial charge on any atom is 0.321 e. The summed E-state index contributed by atoms with van der Waals surface area (Å²) in [5.41, 5.74) is 7.69. The smallest absolute Gasteiger partial charge is 0.321 e. The van der Waals surface area contributed by atoms with Crippen molar-refractivity contribution in [2.45, 2.75) is 38.6 Å². The number of amides is 2. The van der Waals surface area contributed by atoms with Gasteiger partial charge in [-0.15, -0.1) is 0 Å². The van der Waals surface area contributed by atoms with Crippen molar-refractivity contribution in [1.82, 2.24) is 4.90 Å². The molecule has 0 saturated carbocycles. The molecular formula is C21H25N3O2. The first kappa shape index (κ1) is 18.0. The van der Waals surface area contributed by atoms with E-state index in [0.29, 0.717) is 23.6 Å². The second-order valence-corrected chi connectivity index (χ2v) is 6.62. The van der Waals surface area contributed by atoms with Crippen molar-refractivity contribution >= 4 is 28.9 Å². The van der Waals surface area contributed by atoms with Gasteiger partial charge in [-0.3, -0.25) is 14.5 Å². The Balaban J connectivity index is 1.94. The van der Waals surface area contributed by atoms with Gasteiger partial charge in [0.15, 0.2) is 0 Å². The van der Waals surface area contributed by atoms with E-state index in [4.69, 9.17) is 5.73 Å². The van der Waals surface area contributed by atoms with Crippen LogP contribution in [0.5, 0.6) is 0 Å². The minimum absolute atomic E-state index is 0.143. The van der Waals surface area contributed by atoms with Crippen LogP contribution in [-0.4, -0.2) is 29.3 Å². The third-order valence-corrected chi connectivity index (χ3v) is 4.91. The first-order valence-corrected chi connectivity index (χ1v) is 9.17. The number of nitrogens with zero attached hydrogens (tertiary/aromatic N) is 2. The van der Waals surface area contributed by atoms with Gasteiger partial charge in [0.25, 0.3) is 0 Å². The zero-order chi connectivity index (χ0) is 18.5. The lowest BCUT2D eigenvalue weighted by atomic mass is 10.00. The number of nitrogen functional groups attached to an aromatic ring is 1. The van der Waals surface area contributed by atoms with Gasteiger partial charge in [0, 0.05) is 29.6 Å². The van der Waals surface area contributed by atoms with E-state index in [2.05, 4.69) is 6.92 Å². The van der Waals surface area contributed by atoms with E-state index in [1.54, 1.807) is 29.2 Å². The van der Waals surface area contributed by atoms with Crippen LogP contribution >= 0.6 is 0 Å². The fraction of sp³-hybridized carbons (Fsp3) is 0.333. The molecule has 1 atom stereocenters. The Labute approximate surface area is 154 Å². The van der Waals surface area contributed by atoms with Crippen LogP contribution in [0.2, 0.25) is 0 Å². The second kappa shape index (κ2) is 8.04. The molecule has 1 saturated heterocycles. The van der Waals surface area contributed by atoms with Gasteiger partial charge in [-0.05, 0) is 62.1 Å². The predicted molar refractivity (Wildman–Crippen MR) is 104 cm³/mol. The molecule has 3 rings (SSSR count). The number of anilines is 3. The molecule has 5 nitrogen and oxygen atoms in total. The summed E-state index contributed by atoms with van der Waals surface area (Å²) in [4.78, 5) is 29.5. The normalized spacial score (nSPS) is 17.0. The number of benzene rings is 2. The lowest BCUT2D eigenvalue weighted by Crippen LogP contribution is -2.50. The molecule has 1 aliphatic heterocycles. The van der Waals surface area contributed by atoms with Crippen molar-refractivity contribution in [1.29, 1.82) is 0 Å². The van der Waals surface area contributed by atoms with Crippen LogP contribution in [0.1, 0.15) is 32.6 Å². The number of nitrogens with two attached hydrogens (primary N) is 1. The maximum atomic E-state index is 13.2. The molecule has 2 aromatic carbocycles. The highest BCUT2D eigenvalue weighted by molar-refractivity contribution is 6.42. The molecule has 5 heteroatoms. The molecule has 136 valence electrons. The topological polar surface area (TPSA) is 66.6 Å². The Kier molecular flexibility index (Phi) is 5.56. The number of likely N-dealkylation sites (tertiary alicyclic amines) is 1. The Morgan fingerprint density at radius 3 is 2.35 bits per heavy atom. The largest absolute Gasteiger partial charge is 0.399 e. The van der Waals surface area contributed by atoms with Crippen LogP contribution in [0.15, 0.2) is 54.6 Å². The van der Waals surface area contributed by atoms with Crippen molar-refractivity contribution in [2.24, 2.45) is 0 Å². The Morgan fingerprint density at radius 2 is 1.69 bits per heavy atom. The van der Waals surface area contributed by atoms with E-state index < -0.39 is 11.8 Å². The third kappa shape index (κ3) is 3.72. The molecule has 1 aliphatic rings. The summed E-state index contributed by atoms with van der Waals surface area (Å²) in [5.74, 6) is -0.960. The Morgan fingerprint density at radius 1 is 1.04 bits per heavy atom. The summed E-state index contributed by atoms with van der Waals surface area (Å²) < 4.78 is 0. The SMILES string of the molecule is CCC1CCCCN1C(=O)C(=O)N(c1ccccc1)c1ccc(N)cc1. The number of piperidine rings is 1. The Hall–Kier alpha value is -2.82. The highest BCUT2D eigenvalue weighted by Crippen LogP contribution is 2.28. The summed E-state index contributed by atoms with van der Waals surface area (Å²) in [7, 11) is 0. The van der Waals surface area contributed by atoms with Gasteiger partial charge >= 0.3 is 11.8 Å². The zero-order valence-corrected chi connectivity index (χ0v) is 15.1. The summed E-state index contributed by atoms with van der Waals surface area (Å²) >= 11 is 0. The van der Waals surface area contributed by atoms with Crippen LogP contribution in [0.25, 0.3) is 0 Å². The zero-order valence-electron chi connectivity index (χ0n) is 15.1. The summed E-state index contributed by atoms with van der Waals surface area (Å²) in [5, 5.41) is 0. The molecule has 0 radical (unpaired) electrons. The molecule has 0 aliphatic carbocycles. The van der Waals surface area contributed by atoms with Gasteiger partial charge in [-0.1, -0.05) is 25.1 Å². The molecule has 1 unspecified atom stereocenters. The lowest BCUT2D eigenvalue weighted by Gasteiger charge is -2.36. The molecule has 26 heavy (non-hydrogen) atoms. The number of para-hydroxylation sites is 1. The average molecular weight is 351 g/mol. The molecule has 2 amide bonds. The van der Waals surface area contributed by atoms with Crippen molar-refractivity contribution in [3.63, 3.8) is 0 Å². The average Bonchev–Trinajstić information content (AvgIpc) is 2.69. The molecule has 2 aromatic rings. The number of hydrogen-bond donors (Lipinski definition) is 1. The maximum absolute atomic E-state index is 13.2. The summed E-state index contributed by atoms with van der Waals surface area (Å²) in [6.07, 6.45) is 3.88. The number of carbonyl (C=O) groups excluding carboxylic acids is 2. The predicted octanol–water partition coefficient (Wildman–Crippen LogP) is 3.72. The summed E-state index contributed by atoms with van der Waals surface area (Å²) in [6, 6.07) is 16.4. The van der Waals surface area contributed by atoms with E-state index >= 15 is 0 Å². The van der Waals surface area contributed by atoms with E-state index in [1.807, 2.05) is 30.3 Å². The van der Waals surface area contributed by atoms with Crippen molar-refractivity contribution < 1.29 is 9.59 Å². The van der Waals surface area contributed by atoms with E-state index in [0.717, 1.165) is 25.7 Å². The van der Waals surface area contributed by atoms with Gasteiger partial charge in [-0.2, -0.15) is 0 Å². The van der Waals surface area contributed by atoms with Crippen molar-refractivity contribution in [3.05, 3.63) is 54.6 Å². The minimum Gasteiger partial charge on any atom is -0.399 e. The quantitative estimate of drug-likeness (QED) is 0.677. The van der Waals surface area contributed by atoms with Gasteiger partial charge in [-0.25, -0.2) is 0 Å². The van der Waals surface area contributed by atoms with Crippen LogP contribution in [-0.2, 0) is 9.59 Å². The van der Waals surface area contributed by atoms with Crippen LogP contribution in [0.4, 0.5) is 17.1 Å². The lowest BCUT2D eigenvalue weighted by molar-refractivity contribution is -0.146. The van der Waals surface area contributed by atoms with Gasteiger partial charge in [0.2, 0.25) is 0 Å². The highest BCUT2D eigenvalue weighted by Gasteiger charge is 2.33. The van der Waals surface area contributed by atoms with Gasteiger partial charge in [0.05, 0.1) is 0 Å². The van der Waals surface area contributed by atoms with E-state index in [9.17, 15) is 9.59 Å². The van der Waals surface area contributed by atoms with Crippen LogP contribution in [0.3, 0.4) is 0 Å². The molecular weight excluding hydrogens is 326 g/mol. The minimum atomic E-state index is -0.527.